The van der Waals surface area contributed by atoms with Crippen molar-refractivity contribution in [3.63, 3.8) is 0 Å². The number of methoxy groups -OCH3 is 1. The summed E-state index contributed by atoms with van der Waals surface area (Å²) >= 11 is 0. The average molecular weight is 567 g/mol. The van der Waals surface area contributed by atoms with Crippen molar-refractivity contribution in [2.75, 3.05) is 12.4 Å². The van der Waals surface area contributed by atoms with Crippen LogP contribution in [0, 0.1) is 5.82 Å². The Labute approximate surface area is 233 Å². The van der Waals surface area contributed by atoms with Crippen molar-refractivity contribution in [3.8, 4) is 17.1 Å². The lowest BCUT2D eigenvalue weighted by Gasteiger charge is -2.09. The molecule has 10 heteroatoms. The smallest absolute Gasteiger partial charge is 0.416 e. The molecule has 0 bridgehead atoms. The molecule has 41 heavy (non-hydrogen) atoms. The molecule has 0 saturated carbocycles. The third kappa shape index (κ3) is 7.02. The number of ether oxygens (including phenoxy) is 1. The number of benzene rings is 3. The SMILES string of the molecule is CCc1c(/C=C/C(=O)NCc2ccc(OC)cc2)oc(-c2ccc(C(F)(F)F)cc2)c1C(=O)Nc1ccccc1F. The summed E-state index contributed by atoms with van der Waals surface area (Å²) in [5.41, 5.74) is 0.525. The number of para-hydroxylation sites is 1. The third-order valence-corrected chi connectivity index (χ3v) is 6.23. The van der Waals surface area contributed by atoms with E-state index in [9.17, 15) is 27.2 Å². The van der Waals surface area contributed by atoms with Gasteiger partial charge >= 0.3 is 6.18 Å². The molecule has 3 aromatic carbocycles. The molecule has 212 valence electrons. The van der Waals surface area contributed by atoms with Crippen LogP contribution in [-0.2, 0) is 23.9 Å². The van der Waals surface area contributed by atoms with E-state index in [2.05, 4.69) is 10.6 Å². The van der Waals surface area contributed by atoms with Gasteiger partial charge in [0, 0.05) is 23.7 Å². The van der Waals surface area contributed by atoms with Crippen LogP contribution in [-0.4, -0.2) is 18.9 Å². The van der Waals surface area contributed by atoms with E-state index in [0.29, 0.717) is 11.3 Å². The van der Waals surface area contributed by atoms with Gasteiger partial charge in [-0.25, -0.2) is 4.39 Å². The highest BCUT2D eigenvalue weighted by atomic mass is 19.4. The van der Waals surface area contributed by atoms with E-state index in [-0.39, 0.29) is 41.3 Å². The van der Waals surface area contributed by atoms with Gasteiger partial charge in [0.25, 0.3) is 5.91 Å². The number of nitrogens with one attached hydrogen (secondary N) is 2. The summed E-state index contributed by atoms with van der Waals surface area (Å²) in [4.78, 5) is 25.9. The highest BCUT2D eigenvalue weighted by Crippen LogP contribution is 2.36. The molecule has 0 atom stereocenters. The Hall–Kier alpha value is -4.86. The fourth-order valence-corrected chi connectivity index (χ4v) is 4.11. The van der Waals surface area contributed by atoms with Gasteiger partial charge in [-0.3, -0.25) is 9.59 Å². The summed E-state index contributed by atoms with van der Waals surface area (Å²) in [6.45, 7) is 2.00. The summed E-state index contributed by atoms with van der Waals surface area (Å²) in [5, 5.41) is 5.25. The van der Waals surface area contributed by atoms with Gasteiger partial charge in [-0.1, -0.05) is 43.3 Å². The predicted molar refractivity (Wildman–Crippen MR) is 147 cm³/mol. The second-order valence-electron chi connectivity index (χ2n) is 8.91. The first-order valence-electron chi connectivity index (χ1n) is 12.6. The number of alkyl halides is 3. The first-order valence-corrected chi connectivity index (χ1v) is 12.6. The van der Waals surface area contributed by atoms with Crippen LogP contribution in [0.5, 0.6) is 5.75 Å². The predicted octanol–water partition coefficient (Wildman–Crippen LogP) is 7.26. The normalized spacial score (nSPS) is 11.5. The number of hydrogen-bond donors (Lipinski definition) is 2. The van der Waals surface area contributed by atoms with Crippen molar-refractivity contribution in [2.24, 2.45) is 0 Å². The lowest BCUT2D eigenvalue weighted by Crippen LogP contribution is -2.20. The minimum absolute atomic E-state index is 0.0114. The molecule has 1 aromatic heterocycles. The van der Waals surface area contributed by atoms with Gasteiger partial charge < -0.3 is 19.8 Å². The van der Waals surface area contributed by atoms with Crippen LogP contribution < -0.4 is 15.4 Å². The monoisotopic (exact) mass is 566 g/mol. The van der Waals surface area contributed by atoms with Gasteiger partial charge in [-0.15, -0.1) is 0 Å². The third-order valence-electron chi connectivity index (χ3n) is 6.23. The van der Waals surface area contributed by atoms with Gasteiger partial charge in [0.2, 0.25) is 5.91 Å². The number of carbonyl (C=O) groups is 2. The van der Waals surface area contributed by atoms with Crippen LogP contribution in [0.4, 0.5) is 23.2 Å². The highest BCUT2D eigenvalue weighted by molar-refractivity contribution is 6.10. The lowest BCUT2D eigenvalue weighted by atomic mass is 10.00. The Balaban J connectivity index is 1.65. The molecule has 4 aromatic rings. The standard InChI is InChI=1S/C31H26F4N2O4/c1-3-23-26(16-17-27(38)36-18-19-8-14-22(40-2)15-9-19)41-29(20-10-12-21(13-11-20)31(33,34)35)28(23)30(39)37-25-7-5-4-6-24(25)32/h4-17H,3,18H2,1-2H3,(H,36,38)(H,37,39)/b17-16+. The summed E-state index contributed by atoms with van der Waals surface area (Å²) in [6, 6.07) is 16.9. The molecule has 0 saturated heterocycles. The molecule has 0 radical (unpaired) electrons. The van der Waals surface area contributed by atoms with Crippen molar-refractivity contribution in [3.05, 3.63) is 113 Å². The maximum absolute atomic E-state index is 14.3. The number of anilines is 1. The Kier molecular flexibility index (Phi) is 8.91. The maximum Gasteiger partial charge on any atom is 0.416 e. The van der Waals surface area contributed by atoms with Gasteiger partial charge in [0.15, 0.2) is 0 Å². The van der Waals surface area contributed by atoms with Gasteiger partial charge in [0.1, 0.15) is 23.1 Å². The number of rotatable bonds is 9. The summed E-state index contributed by atoms with van der Waals surface area (Å²) in [7, 11) is 1.55. The first kappa shape index (κ1) is 29.1. The van der Waals surface area contributed by atoms with E-state index in [1.165, 1.54) is 42.5 Å². The number of amides is 2. The van der Waals surface area contributed by atoms with Crippen LogP contribution in [0.25, 0.3) is 17.4 Å². The molecule has 2 amide bonds. The van der Waals surface area contributed by atoms with E-state index in [1.54, 1.807) is 44.4 Å². The molecule has 0 aliphatic carbocycles. The quantitative estimate of drug-likeness (QED) is 0.165. The zero-order valence-corrected chi connectivity index (χ0v) is 22.1. The molecule has 0 spiro atoms. The largest absolute Gasteiger partial charge is 0.497 e. The second kappa shape index (κ2) is 12.5. The molecule has 2 N–H and O–H groups in total. The molecule has 0 aliphatic heterocycles. The maximum atomic E-state index is 14.3. The molecule has 0 fully saturated rings. The van der Waals surface area contributed by atoms with E-state index >= 15 is 0 Å². The van der Waals surface area contributed by atoms with Crippen molar-refractivity contribution < 1.29 is 36.3 Å². The molecular weight excluding hydrogens is 540 g/mol. The van der Waals surface area contributed by atoms with Crippen molar-refractivity contribution in [1.29, 1.82) is 0 Å². The van der Waals surface area contributed by atoms with Crippen molar-refractivity contribution in [2.45, 2.75) is 26.1 Å². The molecular formula is C31H26F4N2O4. The van der Waals surface area contributed by atoms with Crippen LogP contribution in [0.2, 0.25) is 0 Å². The van der Waals surface area contributed by atoms with Crippen LogP contribution >= 0.6 is 0 Å². The van der Waals surface area contributed by atoms with Crippen molar-refractivity contribution in [1.82, 2.24) is 5.32 Å². The minimum Gasteiger partial charge on any atom is -0.497 e. The number of halogens is 4. The molecule has 6 nitrogen and oxygen atoms in total. The fraction of sp³-hybridized carbons (Fsp3) is 0.161. The second-order valence-corrected chi connectivity index (χ2v) is 8.91. The molecule has 4 rings (SSSR count). The lowest BCUT2D eigenvalue weighted by molar-refractivity contribution is -0.137. The van der Waals surface area contributed by atoms with E-state index in [4.69, 9.17) is 9.15 Å². The first-order chi connectivity index (χ1) is 19.6. The molecule has 0 unspecified atom stereocenters. The minimum atomic E-state index is -4.55. The van der Waals surface area contributed by atoms with E-state index < -0.39 is 29.4 Å². The van der Waals surface area contributed by atoms with Gasteiger partial charge in [-0.05, 0) is 54.5 Å². The Morgan fingerprint density at radius 2 is 1.66 bits per heavy atom. The molecule has 1 heterocycles. The van der Waals surface area contributed by atoms with Crippen LogP contribution in [0.15, 0.2) is 83.3 Å². The van der Waals surface area contributed by atoms with Crippen LogP contribution in [0.1, 0.15) is 39.7 Å². The summed E-state index contributed by atoms with van der Waals surface area (Å²) in [6.07, 6.45) is -1.65. The number of hydrogen-bond acceptors (Lipinski definition) is 4. The van der Waals surface area contributed by atoms with Crippen molar-refractivity contribution >= 4 is 23.6 Å². The summed E-state index contributed by atoms with van der Waals surface area (Å²) < 4.78 is 64.8. The van der Waals surface area contributed by atoms with Crippen LogP contribution in [0.3, 0.4) is 0 Å². The van der Waals surface area contributed by atoms with Gasteiger partial charge in [0.05, 0.1) is 23.9 Å². The zero-order valence-electron chi connectivity index (χ0n) is 22.1. The van der Waals surface area contributed by atoms with E-state index in [1.807, 2.05) is 0 Å². The number of carbonyl (C=O) groups excluding carboxylic acids is 2. The number of furan rings is 1. The summed E-state index contributed by atoms with van der Waals surface area (Å²) in [5.74, 6) is -0.971. The highest BCUT2D eigenvalue weighted by Gasteiger charge is 2.31. The topological polar surface area (TPSA) is 80.6 Å². The zero-order chi connectivity index (χ0) is 29.6. The van der Waals surface area contributed by atoms with E-state index in [0.717, 1.165) is 17.7 Å². The Bertz CT molecular complexity index is 1560. The molecule has 0 aliphatic rings. The fourth-order valence-electron chi connectivity index (χ4n) is 4.11. The Morgan fingerprint density at radius 3 is 2.27 bits per heavy atom. The van der Waals surface area contributed by atoms with Gasteiger partial charge in [-0.2, -0.15) is 13.2 Å². The average Bonchev–Trinajstić information content (AvgIpc) is 3.34. The Morgan fingerprint density at radius 1 is 0.976 bits per heavy atom.